The number of rotatable bonds is 3. The maximum atomic E-state index is 4.94. The molecule has 0 N–H and O–H groups in total. The van der Waals surface area contributed by atoms with Crippen molar-refractivity contribution in [2.45, 2.75) is 46.5 Å². The van der Waals surface area contributed by atoms with E-state index in [0.717, 1.165) is 12.1 Å². The Morgan fingerprint density at radius 3 is 2.50 bits per heavy atom. The number of thiophene rings is 2. The Bertz CT molecular complexity index is 1690. The van der Waals surface area contributed by atoms with Crippen LogP contribution in [-0.2, 0) is 11.8 Å². The van der Waals surface area contributed by atoms with Gasteiger partial charge in [-0.2, -0.15) is 0 Å². The first-order chi connectivity index (χ1) is 16.3. The maximum Gasteiger partial charge on any atom is 0.0880 e. The summed E-state index contributed by atoms with van der Waals surface area (Å²) in [6.07, 6.45) is 3.13. The number of fused-ring (bicyclic) bond motifs is 6. The molecule has 34 heavy (non-hydrogen) atoms. The molecule has 3 aromatic heterocycles. The molecule has 0 unspecified atom stereocenters. The normalized spacial score (nSPS) is 12.6. The summed E-state index contributed by atoms with van der Waals surface area (Å²) in [6, 6.07) is 20.3. The van der Waals surface area contributed by atoms with Crippen molar-refractivity contribution in [1.82, 2.24) is 4.98 Å². The zero-order valence-electron chi connectivity index (χ0n) is 20.4. The molecule has 0 aliphatic rings. The van der Waals surface area contributed by atoms with E-state index < -0.39 is 0 Å². The van der Waals surface area contributed by atoms with Gasteiger partial charge in [0.25, 0.3) is 0 Å². The van der Waals surface area contributed by atoms with Crippen LogP contribution in [0, 0.1) is 5.92 Å². The van der Waals surface area contributed by atoms with Crippen LogP contribution in [0.1, 0.15) is 45.7 Å². The van der Waals surface area contributed by atoms with Gasteiger partial charge in [0, 0.05) is 31.9 Å². The van der Waals surface area contributed by atoms with E-state index in [4.69, 9.17) is 4.98 Å². The Morgan fingerprint density at radius 2 is 1.71 bits per heavy atom. The monoisotopic (exact) mass is 479 g/mol. The van der Waals surface area contributed by atoms with Gasteiger partial charge >= 0.3 is 0 Å². The zero-order chi connectivity index (χ0) is 23.6. The van der Waals surface area contributed by atoms with Crippen LogP contribution in [0.25, 0.3) is 52.3 Å². The second-order valence-electron chi connectivity index (χ2n) is 10.8. The van der Waals surface area contributed by atoms with Gasteiger partial charge in [0.2, 0.25) is 0 Å². The lowest BCUT2D eigenvalue weighted by atomic mass is 9.82. The fourth-order valence-corrected chi connectivity index (χ4v) is 7.63. The van der Waals surface area contributed by atoms with Crippen LogP contribution in [0.5, 0.6) is 0 Å². The SMILES string of the molecule is CC(C)Cc1csc2c1ccc1sc3c(-c4cc(C(C)(C)C)c5ccccc5c4)nccc3c12. The molecule has 0 saturated heterocycles. The number of hydrogen-bond acceptors (Lipinski definition) is 3. The molecule has 6 rings (SSSR count). The summed E-state index contributed by atoms with van der Waals surface area (Å²) in [5.74, 6) is 0.661. The van der Waals surface area contributed by atoms with Gasteiger partial charge in [-0.15, -0.1) is 22.7 Å². The third-order valence-corrected chi connectivity index (χ3v) is 8.98. The van der Waals surface area contributed by atoms with Crippen LogP contribution in [-0.4, -0.2) is 4.98 Å². The minimum Gasteiger partial charge on any atom is -0.255 e. The van der Waals surface area contributed by atoms with Crippen LogP contribution >= 0.6 is 22.7 Å². The minimum atomic E-state index is 0.0552. The van der Waals surface area contributed by atoms with Gasteiger partial charge < -0.3 is 0 Å². The molecule has 3 aromatic carbocycles. The third kappa shape index (κ3) is 3.45. The first-order valence-electron chi connectivity index (χ1n) is 12.0. The van der Waals surface area contributed by atoms with Crippen LogP contribution in [0.4, 0.5) is 0 Å². The van der Waals surface area contributed by atoms with Crippen LogP contribution in [0.2, 0.25) is 0 Å². The molecule has 1 nitrogen and oxygen atoms in total. The minimum absolute atomic E-state index is 0.0552. The van der Waals surface area contributed by atoms with E-state index >= 15 is 0 Å². The lowest BCUT2D eigenvalue weighted by molar-refractivity contribution is 0.596. The second-order valence-corrected chi connectivity index (χ2v) is 12.7. The molecule has 6 aromatic rings. The van der Waals surface area contributed by atoms with E-state index in [1.165, 1.54) is 57.7 Å². The topological polar surface area (TPSA) is 12.9 Å². The van der Waals surface area contributed by atoms with Crippen molar-refractivity contribution in [3.05, 3.63) is 77.3 Å². The van der Waals surface area contributed by atoms with Gasteiger partial charge in [0.05, 0.1) is 10.4 Å². The summed E-state index contributed by atoms with van der Waals surface area (Å²) in [6.45, 7) is 11.5. The van der Waals surface area contributed by atoms with Crippen molar-refractivity contribution in [3.63, 3.8) is 0 Å². The molecule has 0 fully saturated rings. The van der Waals surface area contributed by atoms with E-state index in [-0.39, 0.29) is 5.41 Å². The first kappa shape index (κ1) is 21.8. The maximum absolute atomic E-state index is 4.94. The second kappa shape index (κ2) is 7.90. The molecule has 0 amide bonds. The van der Waals surface area contributed by atoms with E-state index in [2.05, 4.69) is 94.6 Å². The molecule has 0 saturated carbocycles. The third-order valence-electron chi connectivity index (χ3n) is 6.74. The fraction of sp³-hybridized carbons (Fsp3) is 0.258. The van der Waals surface area contributed by atoms with Crippen molar-refractivity contribution < 1.29 is 0 Å². The van der Waals surface area contributed by atoms with Crippen molar-refractivity contribution in [3.8, 4) is 11.3 Å². The quantitative estimate of drug-likeness (QED) is 0.246. The summed E-state index contributed by atoms with van der Waals surface area (Å²) >= 11 is 3.78. The largest absolute Gasteiger partial charge is 0.255 e. The van der Waals surface area contributed by atoms with Crippen molar-refractivity contribution >= 4 is 63.7 Å². The Hall–Kier alpha value is -2.75. The van der Waals surface area contributed by atoms with Gasteiger partial charge in [-0.3, -0.25) is 4.98 Å². The summed E-state index contributed by atoms with van der Waals surface area (Å²) in [5.41, 5.74) is 5.22. The molecule has 3 heterocycles. The van der Waals surface area contributed by atoms with Gasteiger partial charge in [0.15, 0.2) is 0 Å². The highest BCUT2D eigenvalue weighted by molar-refractivity contribution is 7.27. The number of pyridine rings is 1. The van der Waals surface area contributed by atoms with Crippen molar-refractivity contribution in [2.24, 2.45) is 5.92 Å². The van der Waals surface area contributed by atoms with Crippen LogP contribution < -0.4 is 0 Å². The Kier molecular flexibility index (Phi) is 5.05. The van der Waals surface area contributed by atoms with Crippen LogP contribution in [0.15, 0.2) is 66.2 Å². The summed E-state index contributed by atoms with van der Waals surface area (Å²) in [7, 11) is 0. The lowest BCUT2D eigenvalue weighted by Gasteiger charge is -2.22. The molecular weight excluding hydrogens is 450 g/mol. The predicted octanol–water partition coefficient (Wildman–Crippen LogP) is 9.98. The number of hydrogen-bond donors (Lipinski definition) is 0. The van der Waals surface area contributed by atoms with Gasteiger partial charge in [-0.1, -0.05) is 65.0 Å². The number of aromatic nitrogens is 1. The summed E-state index contributed by atoms with van der Waals surface area (Å²) in [5, 5.41) is 9.14. The highest BCUT2D eigenvalue weighted by Gasteiger charge is 2.21. The average Bonchev–Trinajstić information content (AvgIpc) is 3.38. The average molecular weight is 480 g/mol. The standard InChI is InChI=1S/C31H29NS2/c1-18(2)14-21-17-33-29-23(21)10-11-26-27(29)24-12-13-32-28(30(24)34-26)20-15-19-8-6-7-9-22(19)25(16-20)31(3,4)5/h6-13,15-18H,14H2,1-5H3. The van der Waals surface area contributed by atoms with Gasteiger partial charge in [-0.05, 0) is 74.7 Å². The van der Waals surface area contributed by atoms with Crippen molar-refractivity contribution in [2.75, 3.05) is 0 Å². The fourth-order valence-electron chi connectivity index (χ4n) is 5.20. The van der Waals surface area contributed by atoms with Crippen molar-refractivity contribution in [1.29, 1.82) is 0 Å². The molecule has 0 aliphatic carbocycles. The summed E-state index contributed by atoms with van der Waals surface area (Å²) in [4.78, 5) is 4.94. The molecular formula is C31H29NS2. The van der Waals surface area contributed by atoms with Gasteiger partial charge in [-0.25, -0.2) is 0 Å². The molecule has 0 aliphatic heterocycles. The van der Waals surface area contributed by atoms with Gasteiger partial charge in [0.1, 0.15) is 0 Å². The smallest absolute Gasteiger partial charge is 0.0880 e. The molecule has 0 radical (unpaired) electrons. The van der Waals surface area contributed by atoms with Crippen LogP contribution in [0.3, 0.4) is 0 Å². The van der Waals surface area contributed by atoms with E-state index in [1.807, 2.05) is 28.9 Å². The molecule has 170 valence electrons. The lowest BCUT2D eigenvalue weighted by Crippen LogP contribution is -2.12. The predicted molar refractivity (Wildman–Crippen MR) is 153 cm³/mol. The Balaban J connectivity index is 1.64. The van der Waals surface area contributed by atoms with E-state index in [1.54, 1.807) is 0 Å². The zero-order valence-corrected chi connectivity index (χ0v) is 22.0. The summed E-state index contributed by atoms with van der Waals surface area (Å²) < 4.78 is 4.07. The number of benzene rings is 3. The van der Waals surface area contributed by atoms with E-state index in [9.17, 15) is 0 Å². The highest BCUT2D eigenvalue weighted by atomic mass is 32.1. The number of nitrogens with zero attached hydrogens (tertiary/aromatic N) is 1. The highest BCUT2D eigenvalue weighted by Crippen LogP contribution is 2.45. The Morgan fingerprint density at radius 1 is 0.882 bits per heavy atom. The van der Waals surface area contributed by atoms with E-state index in [0.29, 0.717) is 5.92 Å². The Labute approximate surface area is 209 Å². The first-order valence-corrected chi connectivity index (χ1v) is 13.7. The molecule has 3 heteroatoms. The molecule has 0 spiro atoms. The molecule has 0 atom stereocenters. The molecule has 0 bridgehead atoms.